The fraction of sp³-hybridized carbons (Fsp3) is 0.750. The first-order valence-corrected chi connectivity index (χ1v) is 11.6. The lowest BCUT2D eigenvalue weighted by molar-refractivity contribution is -0.157. The average molecular weight is 501 g/mol. The SMILES string of the molecule is CC(C)CC(C(=O)NC(C=O)CC(=O)OC(C)(C)C)C(=O)NC(CCC(=O)OC(C)(C)C)C(=O)O. The average Bonchev–Trinajstić information content (AvgIpc) is 2.65. The van der Waals surface area contributed by atoms with E-state index < -0.39 is 65.3 Å². The summed E-state index contributed by atoms with van der Waals surface area (Å²) >= 11 is 0. The fourth-order valence-electron chi connectivity index (χ4n) is 2.97. The maximum Gasteiger partial charge on any atom is 0.326 e. The van der Waals surface area contributed by atoms with Gasteiger partial charge in [-0.1, -0.05) is 13.8 Å². The van der Waals surface area contributed by atoms with E-state index in [-0.39, 0.29) is 25.2 Å². The molecule has 0 aliphatic carbocycles. The van der Waals surface area contributed by atoms with Crippen LogP contribution in [-0.4, -0.2) is 64.4 Å². The smallest absolute Gasteiger partial charge is 0.326 e. The van der Waals surface area contributed by atoms with E-state index in [0.717, 1.165) is 0 Å². The van der Waals surface area contributed by atoms with Crippen molar-refractivity contribution in [2.24, 2.45) is 11.8 Å². The predicted octanol–water partition coefficient (Wildman–Crippen LogP) is 1.76. The van der Waals surface area contributed by atoms with Gasteiger partial charge in [0.1, 0.15) is 29.4 Å². The van der Waals surface area contributed by atoms with Crippen molar-refractivity contribution in [3.8, 4) is 0 Å². The Morgan fingerprint density at radius 3 is 1.77 bits per heavy atom. The molecule has 0 aliphatic heterocycles. The zero-order valence-corrected chi connectivity index (χ0v) is 21.9. The number of hydrogen-bond donors (Lipinski definition) is 3. The summed E-state index contributed by atoms with van der Waals surface area (Å²) in [7, 11) is 0. The number of carboxylic acids is 1. The number of amides is 2. The Labute approximate surface area is 206 Å². The molecule has 11 heteroatoms. The molecule has 3 atom stereocenters. The highest BCUT2D eigenvalue weighted by molar-refractivity contribution is 6.02. The van der Waals surface area contributed by atoms with Gasteiger partial charge in [0.05, 0.1) is 12.5 Å². The largest absolute Gasteiger partial charge is 0.480 e. The summed E-state index contributed by atoms with van der Waals surface area (Å²) in [5.74, 6) is -5.83. The summed E-state index contributed by atoms with van der Waals surface area (Å²) in [4.78, 5) is 72.7. The molecule has 0 saturated heterocycles. The molecule has 200 valence electrons. The lowest BCUT2D eigenvalue weighted by Crippen LogP contribution is -2.50. The number of carbonyl (C=O) groups is 6. The van der Waals surface area contributed by atoms with E-state index in [0.29, 0.717) is 6.29 Å². The molecule has 0 spiro atoms. The number of rotatable bonds is 13. The van der Waals surface area contributed by atoms with Gasteiger partial charge >= 0.3 is 17.9 Å². The van der Waals surface area contributed by atoms with E-state index in [1.54, 1.807) is 55.4 Å². The summed E-state index contributed by atoms with van der Waals surface area (Å²) in [6, 6.07) is -2.65. The molecule has 0 aliphatic rings. The van der Waals surface area contributed by atoms with Crippen molar-refractivity contribution < 1.29 is 43.3 Å². The summed E-state index contributed by atoms with van der Waals surface area (Å²) < 4.78 is 10.3. The second kappa shape index (κ2) is 13.8. The Morgan fingerprint density at radius 1 is 0.857 bits per heavy atom. The van der Waals surface area contributed by atoms with Crippen molar-refractivity contribution >= 4 is 36.0 Å². The summed E-state index contributed by atoms with van der Waals surface area (Å²) in [5.41, 5.74) is -1.52. The van der Waals surface area contributed by atoms with E-state index >= 15 is 0 Å². The van der Waals surface area contributed by atoms with E-state index in [1.165, 1.54) is 0 Å². The van der Waals surface area contributed by atoms with Crippen LogP contribution in [0, 0.1) is 11.8 Å². The number of aliphatic carboxylic acids is 1. The van der Waals surface area contributed by atoms with Crippen LogP contribution in [0.3, 0.4) is 0 Å². The third kappa shape index (κ3) is 14.8. The first-order valence-electron chi connectivity index (χ1n) is 11.6. The maximum atomic E-state index is 12.9. The number of nitrogens with one attached hydrogen (secondary N) is 2. The second-order valence-corrected chi connectivity index (χ2v) is 10.7. The Morgan fingerprint density at radius 2 is 1.34 bits per heavy atom. The third-order valence-corrected chi connectivity index (χ3v) is 4.31. The molecule has 2 amide bonds. The molecule has 0 bridgehead atoms. The molecule has 3 unspecified atom stereocenters. The summed E-state index contributed by atoms with van der Waals surface area (Å²) in [6.45, 7) is 13.5. The normalized spacial score (nSPS) is 14.3. The van der Waals surface area contributed by atoms with Gasteiger partial charge in [0, 0.05) is 6.42 Å². The summed E-state index contributed by atoms with van der Waals surface area (Å²) in [5, 5.41) is 14.1. The van der Waals surface area contributed by atoms with Crippen molar-refractivity contribution in [1.29, 1.82) is 0 Å². The van der Waals surface area contributed by atoms with Crippen LogP contribution in [-0.2, 0) is 38.2 Å². The Hall–Kier alpha value is -2.98. The first-order chi connectivity index (χ1) is 15.8. The van der Waals surface area contributed by atoms with Gasteiger partial charge in [0.2, 0.25) is 11.8 Å². The van der Waals surface area contributed by atoms with Gasteiger partial charge in [-0.15, -0.1) is 0 Å². The zero-order chi connectivity index (χ0) is 27.6. The quantitative estimate of drug-likeness (QED) is 0.194. The van der Waals surface area contributed by atoms with Crippen molar-refractivity contribution in [1.82, 2.24) is 10.6 Å². The number of carboxylic acid groups (broad SMARTS) is 1. The van der Waals surface area contributed by atoms with Crippen LogP contribution in [0.25, 0.3) is 0 Å². The van der Waals surface area contributed by atoms with E-state index in [9.17, 15) is 33.9 Å². The van der Waals surface area contributed by atoms with Crippen molar-refractivity contribution in [2.45, 2.75) is 104 Å². The number of esters is 2. The molecule has 0 aromatic carbocycles. The van der Waals surface area contributed by atoms with Crippen LogP contribution in [0.5, 0.6) is 0 Å². The number of ether oxygens (including phenoxy) is 2. The highest BCUT2D eigenvalue weighted by Gasteiger charge is 2.33. The molecule has 0 rings (SSSR count). The van der Waals surface area contributed by atoms with Crippen molar-refractivity contribution in [3.05, 3.63) is 0 Å². The molecule has 0 fully saturated rings. The second-order valence-electron chi connectivity index (χ2n) is 10.7. The Kier molecular flexibility index (Phi) is 12.6. The minimum absolute atomic E-state index is 0.0636. The van der Waals surface area contributed by atoms with Gasteiger partial charge in [-0.25, -0.2) is 4.79 Å². The topological polar surface area (TPSA) is 165 Å². The molecule has 3 N–H and O–H groups in total. The predicted molar refractivity (Wildman–Crippen MR) is 126 cm³/mol. The Bertz CT molecular complexity index is 779. The molecule has 35 heavy (non-hydrogen) atoms. The van der Waals surface area contributed by atoms with Crippen LogP contribution in [0.4, 0.5) is 0 Å². The van der Waals surface area contributed by atoms with E-state index in [1.807, 2.05) is 0 Å². The lowest BCUT2D eigenvalue weighted by Gasteiger charge is -2.24. The molecule has 0 aromatic rings. The van der Waals surface area contributed by atoms with Gasteiger partial charge in [-0.05, 0) is 60.3 Å². The van der Waals surface area contributed by atoms with E-state index in [4.69, 9.17) is 9.47 Å². The molecule has 0 heterocycles. The molecule has 0 aromatic heterocycles. The monoisotopic (exact) mass is 500 g/mol. The Balaban J connectivity index is 5.33. The maximum absolute atomic E-state index is 12.9. The lowest BCUT2D eigenvalue weighted by atomic mass is 9.94. The first kappa shape index (κ1) is 32.0. The van der Waals surface area contributed by atoms with Crippen LogP contribution in [0.15, 0.2) is 0 Å². The highest BCUT2D eigenvalue weighted by Crippen LogP contribution is 2.15. The highest BCUT2D eigenvalue weighted by atomic mass is 16.6. The van der Waals surface area contributed by atoms with Gasteiger partial charge in [0.15, 0.2) is 0 Å². The minimum Gasteiger partial charge on any atom is -0.480 e. The minimum atomic E-state index is -1.43. The van der Waals surface area contributed by atoms with Gasteiger partial charge < -0.3 is 30.0 Å². The van der Waals surface area contributed by atoms with Crippen LogP contribution in [0.2, 0.25) is 0 Å². The van der Waals surface area contributed by atoms with Gasteiger partial charge in [0.25, 0.3) is 0 Å². The fourth-order valence-corrected chi connectivity index (χ4v) is 2.97. The number of carbonyl (C=O) groups excluding carboxylic acids is 5. The van der Waals surface area contributed by atoms with Crippen molar-refractivity contribution in [2.75, 3.05) is 0 Å². The molecule has 0 radical (unpaired) electrons. The zero-order valence-electron chi connectivity index (χ0n) is 21.9. The third-order valence-electron chi connectivity index (χ3n) is 4.31. The standard InChI is InChI=1S/C24H40N2O9/c1-14(2)11-16(20(30)25-15(13-27)12-19(29)35-24(6,7)8)21(31)26-17(22(32)33)9-10-18(28)34-23(3,4)5/h13-17H,9-12H2,1-8H3,(H,25,30)(H,26,31)(H,32,33). The number of hydrogen-bond acceptors (Lipinski definition) is 8. The molecular formula is C24H40N2O9. The summed E-state index contributed by atoms with van der Waals surface area (Å²) in [6.07, 6.45) is -0.475. The van der Waals surface area contributed by atoms with E-state index in [2.05, 4.69) is 10.6 Å². The number of aldehydes is 1. The molecular weight excluding hydrogens is 460 g/mol. The van der Waals surface area contributed by atoms with Gasteiger partial charge in [-0.2, -0.15) is 0 Å². The molecule has 11 nitrogen and oxygen atoms in total. The van der Waals surface area contributed by atoms with Crippen LogP contribution < -0.4 is 10.6 Å². The van der Waals surface area contributed by atoms with Crippen molar-refractivity contribution in [3.63, 3.8) is 0 Å². The molecule has 0 saturated carbocycles. The van der Waals surface area contributed by atoms with Crippen LogP contribution >= 0.6 is 0 Å². The van der Waals surface area contributed by atoms with Gasteiger partial charge in [-0.3, -0.25) is 19.2 Å². The van der Waals surface area contributed by atoms with Crippen LogP contribution in [0.1, 0.15) is 81.1 Å².